The lowest BCUT2D eigenvalue weighted by Crippen LogP contribution is -2.35. The van der Waals surface area contributed by atoms with Crippen molar-refractivity contribution in [2.75, 3.05) is 11.5 Å². The fourth-order valence-electron chi connectivity index (χ4n) is 2.56. The lowest BCUT2D eigenvalue weighted by Gasteiger charge is -2.33. The van der Waals surface area contributed by atoms with Crippen LogP contribution in [-0.2, 0) is 0 Å². The van der Waals surface area contributed by atoms with Gasteiger partial charge in [0.15, 0.2) is 0 Å². The summed E-state index contributed by atoms with van der Waals surface area (Å²) in [5, 5.41) is 0.790. The molecular weight excluding hydrogens is 265 g/mol. The number of benzene rings is 1. The number of hydrogen-bond acceptors (Lipinski definition) is 3. The van der Waals surface area contributed by atoms with Crippen molar-refractivity contribution < 1.29 is 4.39 Å². The standard InChI is InChI=1S/C14H20FNS2/c1-8-6-9(2)12(11(15)7-8)13(16)14-10(3)17-4-5-18-14/h6-7,10,13-14H,4-5,16H2,1-3H3. The van der Waals surface area contributed by atoms with Gasteiger partial charge in [0.25, 0.3) is 0 Å². The van der Waals surface area contributed by atoms with Crippen LogP contribution in [0.25, 0.3) is 0 Å². The van der Waals surface area contributed by atoms with Crippen LogP contribution in [0.5, 0.6) is 0 Å². The number of nitrogens with two attached hydrogens (primary N) is 1. The quantitative estimate of drug-likeness (QED) is 0.897. The van der Waals surface area contributed by atoms with E-state index in [9.17, 15) is 4.39 Å². The van der Waals surface area contributed by atoms with E-state index in [1.165, 1.54) is 5.75 Å². The minimum absolute atomic E-state index is 0.150. The Morgan fingerprint density at radius 3 is 2.56 bits per heavy atom. The summed E-state index contributed by atoms with van der Waals surface area (Å²) in [7, 11) is 0. The predicted octanol–water partition coefficient (Wildman–Crippen LogP) is 3.68. The van der Waals surface area contributed by atoms with Crippen LogP contribution >= 0.6 is 23.5 Å². The van der Waals surface area contributed by atoms with Crippen molar-refractivity contribution in [2.45, 2.75) is 37.3 Å². The maximum Gasteiger partial charge on any atom is 0.128 e. The molecular formula is C14H20FNS2. The summed E-state index contributed by atoms with van der Waals surface area (Å²) in [6.07, 6.45) is 0. The Morgan fingerprint density at radius 1 is 1.28 bits per heavy atom. The molecule has 1 fully saturated rings. The average Bonchev–Trinajstić information content (AvgIpc) is 2.27. The average molecular weight is 285 g/mol. The van der Waals surface area contributed by atoms with E-state index in [2.05, 4.69) is 6.92 Å². The molecule has 0 saturated carbocycles. The highest BCUT2D eigenvalue weighted by Crippen LogP contribution is 2.39. The van der Waals surface area contributed by atoms with Gasteiger partial charge in [-0.05, 0) is 31.0 Å². The molecule has 0 spiro atoms. The van der Waals surface area contributed by atoms with Gasteiger partial charge in [-0.1, -0.05) is 13.0 Å². The molecule has 4 heteroatoms. The van der Waals surface area contributed by atoms with Crippen LogP contribution in [0.2, 0.25) is 0 Å². The van der Waals surface area contributed by atoms with E-state index in [4.69, 9.17) is 5.73 Å². The van der Waals surface area contributed by atoms with Crippen LogP contribution in [0.15, 0.2) is 12.1 Å². The normalized spacial score (nSPS) is 26.1. The van der Waals surface area contributed by atoms with Crippen LogP contribution in [0.1, 0.15) is 29.7 Å². The largest absolute Gasteiger partial charge is 0.323 e. The summed E-state index contributed by atoms with van der Waals surface area (Å²) in [4.78, 5) is 0. The molecule has 0 aliphatic carbocycles. The molecule has 0 bridgehead atoms. The number of aryl methyl sites for hydroxylation is 2. The third-order valence-corrected chi connectivity index (χ3v) is 6.62. The highest BCUT2D eigenvalue weighted by molar-refractivity contribution is 8.07. The molecule has 1 aliphatic heterocycles. The third kappa shape index (κ3) is 2.86. The van der Waals surface area contributed by atoms with Gasteiger partial charge >= 0.3 is 0 Å². The van der Waals surface area contributed by atoms with E-state index in [1.807, 2.05) is 43.4 Å². The van der Waals surface area contributed by atoms with Crippen LogP contribution in [0.3, 0.4) is 0 Å². The molecule has 1 aromatic carbocycles. The minimum atomic E-state index is -0.210. The summed E-state index contributed by atoms with van der Waals surface area (Å²) in [5.41, 5.74) is 8.97. The fourth-order valence-corrected chi connectivity index (χ4v) is 5.42. The molecule has 0 aromatic heterocycles. The molecule has 1 nitrogen and oxygen atoms in total. The molecule has 1 aliphatic rings. The van der Waals surface area contributed by atoms with Crippen molar-refractivity contribution >= 4 is 23.5 Å². The Morgan fingerprint density at radius 2 is 1.94 bits per heavy atom. The van der Waals surface area contributed by atoms with Gasteiger partial charge in [-0.3, -0.25) is 0 Å². The van der Waals surface area contributed by atoms with E-state index in [-0.39, 0.29) is 11.9 Å². The van der Waals surface area contributed by atoms with Crippen molar-refractivity contribution in [3.8, 4) is 0 Å². The van der Waals surface area contributed by atoms with Crippen molar-refractivity contribution in [3.63, 3.8) is 0 Å². The van der Waals surface area contributed by atoms with E-state index in [1.54, 1.807) is 6.07 Å². The van der Waals surface area contributed by atoms with Crippen LogP contribution in [0.4, 0.5) is 4.39 Å². The van der Waals surface area contributed by atoms with Crippen LogP contribution in [-0.4, -0.2) is 22.0 Å². The van der Waals surface area contributed by atoms with E-state index >= 15 is 0 Å². The second-order valence-electron chi connectivity index (χ2n) is 4.91. The molecule has 2 N–H and O–H groups in total. The zero-order chi connectivity index (χ0) is 13.3. The van der Waals surface area contributed by atoms with Gasteiger partial charge in [-0.15, -0.1) is 0 Å². The number of halogens is 1. The third-order valence-electron chi connectivity index (χ3n) is 3.41. The lowest BCUT2D eigenvalue weighted by molar-refractivity contribution is 0.565. The zero-order valence-corrected chi connectivity index (χ0v) is 12.7. The molecule has 0 radical (unpaired) electrons. The predicted molar refractivity (Wildman–Crippen MR) is 81.0 cm³/mol. The van der Waals surface area contributed by atoms with Crippen molar-refractivity contribution in [2.24, 2.45) is 5.73 Å². The van der Waals surface area contributed by atoms with E-state index < -0.39 is 0 Å². The molecule has 0 amide bonds. The van der Waals surface area contributed by atoms with Gasteiger partial charge < -0.3 is 5.73 Å². The van der Waals surface area contributed by atoms with Crippen molar-refractivity contribution in [1.82, 2.24) is 0 Å². The Labute approximate surface area is 117 Å². The van der Waals surface area contributed by atoms with E-state index in [0.29, 0.717) is 16.1 Å². The molecule has 1 aromatic rings. The highest BCUT2D eigenvalue weighted by Gasteiger charge is 2.31. The van der Waals surface area contributed by atoms with Gasteiger partial charge in [0.05, 0.1) is 0 Å². The zero-order valence-electron chi connectivity index (χ0n) is 11.1. The lowest BCUT2D eigenvalue weighted by atomic mass is 9.95. The topological polar surface area (TPSA) is 26.0 Å². The monoisotopic (exact) mass is 285 g/mol. The summed E-state index contributed by atoms with van der Waals surface area (Å²) < 4.78 is 14.1. The molecule has 3 unspecified atom stereocenters. The summed E-state index contributed by atoms with van der Waals surface area (Å²) in [6, 6.07) is 3.40. The van der Waals surface area contributed by atoms with Crippen LogP contribution in [0, 0.1) is 19.7 Å². The Balaban J connectivity index is 2.30. The number of rotatable bonds is 2. The second kappa shape index (κ2) is 5.85. The molecule has 3 atom stereocenters. The first-order valence-electron chi connectivity index (χ1n) is 6.26. The second-order valence-corrected chi connectivity index (χ2v) is 7.69. The minimum Gasteiger partial charge on any atom is -0.323 e. The Kier molecular flexibility index (Phi) is 4.62. The summed E-state index contributed by atoms with van der Waals surface area (Å²) in [5.74, 6) is 2.13. The first kappa shape index (κ1) is 14.2. The maximum absolute atomic E-state index is 14.1. The van der Waals surface area contributed by atoms with Gasteiger partial charge in [0.1, 0.15) is 5.82 Å². The Hall–Kier alpha value is -0.190. The first-order valence-corrected chi connectivity index (χ1v) is 8.36. The fraction of sp³-hybridized carbons (Fsp3) is 0.571. The number of thioether (sulfide) groups is 2. The number of hydrogen-bond donors (Lipinski definition) is 1. The summed E-state index contributed by atoms with van der Waals surface area (Å²) in [6.45, 7) is 6.07. The van der Waals surface area contributed by atoms with Crippen molar-refractivity contribution in [1.29, 1.82) is 0 Å². The first-order chi connectivity index (χ1) is 8.50. The van der Waals surface area contributed by atoms with Gasteiger partial charge in [-0.25, -0.2) is 4.39 Å². The molecule has 100 valence electrons. The maximum atomic E-state index is 14.1. The highest BCUT2D eigenvalue weighted by atomic mass is 32.2. The molecule has 1 saturated heterocycles. The molecule has 18 heavy (non-hydrogen) atoms. The molecule has 2 rings (SSSR count). The van der Waals surface area contributed by atoms with E-state index in [0.717, 1.165) is 16.9 Å². The summed E-state index contributed by atoms with van der Waals surface area (Å²) >= 11 is 3.82. The van der Waals surface area contributed by atoms with Gasteiger partial charge in [-0.2, -0.15) is 23.5 Å². The smallest absolute Gasteiger partial charge is 0.128 e. The van der Waals surface area contributed by atoms with Crippen molar-refractivity contribution in [3.05, 3.63) is 34.6 Å². The van der Waals surface area contributed by atoms with Gasteiger partial charge in [0.2, 0.25) is 0 Å². The SMILES string of the molecule is Cc1cc(C)c(C(N)C2SCCSC2C)c(F)c1. The van der Waals surface area contributed by atoms with Crippen LogP contribution < -0.4 is 5.73 Å². The van der Waals surface area contributed by atoms with Gasteiger partial charge in [0, 0.05) is 33.6 Å². The molecule has 1 heterocycles. The Bertz CT molecular complexity index is 413.